The topological polar surface area (TPSA) is 62.6 Å². The fraction of sp³-hybridized carbons (Fsp3) is 0.241. The Hall–Kier alpha value is -4.06. The number of carbonyl (C=O) groups is 1. The number of H-pyrrole nitrogens is 1. The number of nitrogens with one attached hydrogen (secondary N) is 1. The van der Waals surface area contributed by atoms with E-state index in [2.05, 4.69) is 53.4 Å². The van der Waals surface area contributed by atoms with E-state index >= 15 is 0 Å². The molecule has 0 aliphatic carbocycles. The molecule has 0 radical (unpaired) electrons. The van der Waals surface area contributed by atoms with Crippen LogP contribution in [0.15, 0.2) is 79.1 Å². The zero-order valence-corrected chi connectivity index (χ0v) is 19.8. The second-order valence-corrected chi connectivity index (χ2v) is 9.40. The van der Waals surface area contributed by atoms with Gasteiger partial charge in [-0.15, -0.1) is 0 Å². The fourth-order valence-electron chi connectivity index (χ4n) is 4.97. The lowest BCUT2D eigenvalue weighted by molar-refractivity contribution is 0.0712. The number of piperidine rings is 1. The van der Waals surface area contributed by atoms with Crippen molar-refractivity contribution in [3.05, 3.63) is 102 Å². The number of likely N-dealkylation sites (tertiary alicyclic amines) is 1. The van der Waals surface area contributed by atoms with Gasteiger partial charge in [-0.05, 0) is 73.2 Å². The van der Waals surface area contributed by atoms with Crippen molar-refractivity contribution in [1.29, 1.82) is 0 Å². The Morgan fingerprint density at radius 2 is 1.83 bits per heavy atom. The summed E-state index contributed by atoms with van der Waals surface area (Å²) in [6, 6.07) is 22.1. The quantitative estimate of drug-likeness (QED) is 0.362. The summed E-state index contributed by atoms with van der Waals surface area (Å²) in [7, 11) is 0. The van der Waals surface area contributed by atoms with E-state index in [-0.39, 0.29) is 5.91 Å². The van der Waals surface area contributed by atoms with Gasteiger partial charge in [-0.25, -0.2) is 4.98 Å². The third-order valence-electron chi connectivity index (χ3n) is 6.91. The van der Waals surface area contributed by atoms with Crippen molar-refractivity contribution in [3.63, 3.8) is 0 Å². The average molecular weight is 465 g/mol. The number of pyridine rings is 1. The number of hydrogen-bond acceptors (Lipinski definition) is 3. The normalized spacial score (nSPS) is 14.6. The van der Waals surface area contributed by atoms with Gasteiger partial charge in [0.25, 0.3) is 5.91 Å². The molecule has 6 nitrogen and oxygen atoms in total. The molecule has 5 aromatic rings. The van der Waals surface area contributed by atoms with E-state index in [1.54, 1.807) is 0 Å². The van der Waals surface area contributed by atoms with Gasteiger partial charge in [0.2, 0.25) is 0 Å². The van der Waals surface area contributed by atoms with Gasteiger partial charge < -0.3 is 19.0 Å². The Morgan fingerprint density at radius 3 is 2.63 bits per heavy atom. The minimum Gasteiger partial charge on any atom is -0.487 e. The first kappa shape index (κ1) is 21.5. The van der Waals surface area contributed by atoms with Crippen LogP contribution in [-0.4, -0.2) is 38.3 Å². The lowest BCUT2D eigenvalue weighted by Gasteiger charge is -2.31. The van der Waals surface area contributed by atoms with Crippen molar-refractivity contribution in [2.45, 2.75) is 32.3 Å². The SMILES string of the molecule is Cc1ccc2nc(COc3ccc(C(=O)N4CCC(c5cc6ccccc6[nH]5)CC4)cc3)cn2c1. The molecule has 4 heterocycles. The van der Waals surface area contributed by atoms with E-state index in [0.717, 1.165) is 43.0 Å². The van der Waals surface area contributed by atoms with Crippen molar-refractivity contribution in [2.24, 2.45) is 0 Å². The highest BCUT2D eigenvalue weighted by Gasteiger charge is 2.25. The van der Waals surface area contributed by atoms with Crippen LogP contribution in [0.2, 0.25) is 0 Å². The van der Waals surface area contributed by atoms with E-state index in [1.165, 1.54) is 22.2 Å². The van der Waals surface area contributed by atoms with Crippen LogP contribution in [0.4, 0.5) is 0 Å². The second kappa shape index (κ2) is 8.95. The maximum absolute atomic E-state index is 13.1. The molecule has 1 fully saturated rings. The highest BCUT2D eigenvalue weighted by Crippen LogP contribution is 2.30. The van der Waals surface area contributed by atoms with Gasteiger partial charge in [-0.1, -0.05) is 24.3 Å². The largest absolute Gasteiger partial charge is 0.487 e. The van der Waals surface area contributed by atoms with Crippen LogP contribution in [0.3, 0.4) is 0 Å². The highest BCUT2D eigenvalue weighted by atomic mass is 16.5. The number of aryl methyl sites for hydroxylation is 1. The Balaban J connectivity index is 1.05. The monoisotopic (exact) mass is 464 g/mol. The lowest BCUT2D eigenvalue weighted by atomic mass is 9.93. The number of ether oxygens (including phenoxy) is 1. The highest BCUT2D eigenvalue weighted by molar-refractivity contribution is 5.94. The van der Waals surface area contributed by atoms with Gasteiger partial charge in [0, 0.05) is 48.2 Å². The number of rotatable bonds is 5. The number of imidazole rings is 1. The minimum atomic E-state index is 0.0855. The Bertz CT molecular complexity index is 1460. The molecule has 1 aliphatic rings. The smallest absolute Gasteiger partial charge is 0.253 e. The number of amides is 1. The first-order valence-electron chi connectivity index (χ1n) is 12.2. The van der Waals surface area contributed by atoms with E-state index in [1.807, 2.05) is 51.9 Å². The van der Waals surface area contributed by atoms with Gasteiger partial charge in [0.05, 0.1) is 5.69 Å². The van der Waals surface area contributed by atoms with Crippen LogP contribution >= 0.6 is 0 Å². The molecule has 3 aromatic heterocycles. The van der Waals surface area contributed by atoms with Gasteiger partial charge in [0.15, 0.2) is 0 Å². The average Bonchev–Trinajstić information content (AvgIpc) is 3.51. The zero-order valence-electron chi connectivity index (χ0n) is 19.8. The third-order valence-corrected chi connectivity index (χ3v) is 6.91. The summed E-state index contributed by atoms with van der Waals surface area (Å²) >= 11 is 0. The van der Waals surface area contributed by atoms with Crippen molar-refractivity contribution in [3.8, 4) is 5.75 Å². The molecule has 35 heavy (non-hydrogen) atoms. The number of nitrogens with zero attached hydrogens (tertiary/aromatic N) is 3. The fourth-order valence-corrected chi connectivity index (χ4v) is 4.97. The molecule has 1 amide bonds. The third kappa shape index (κ3) is 4.39. The summed E-state index contributed by atoms with van der Waals surface area (Å²) in [6.07, 6.45) is 5.98. The van der Waals surface area contributed by atoms with Gasteiger partial charge in [-0.3, -0.25) is 4.79 Å². The number of hydrogen-bond donors (Lipinski definition) is 1. The predicted octanol–water partition coefficient (Wildman–Crippen LogP) is 5.72. The standard InChI is InChI=1S/C29H28N4O2/c1-20-6-11-28-30-24(18-33(28)17-20)19-35-25-9-7-22(8-10-25)29(34)32-14-12-21(13-15-32)27-16-23-4-2-3-5-26(23)31-27/h2-11,16-18,21,31H,12-15,19H2,1H3. The van der Waals surface area contributed by atoms with Crippen LogP contribution in [0.5, 0.6) is 5.75 Å². The Morgan fingerprint density at radius 1 is 1.03 bits per heavy atom. The number of para-hydroxylation sites is 1. The molecular weight excluding hydrogens is 436 g/mol. The molecule has 1 aliphatic heterocycles. The summed E-state index contributed by atoms with van der Waals surface area (Å²) in [5.41, 5.74) is 6.12. The molecule has 0 bridgehead atoms. The maximum atomic E-state index is 13.1. The first-order chi connectivity index (χ1) is 17.1. The number of fused-ring (bicyclic) bond motifs is 2. The molecule has 0 atom stereocenters. The summed E-state index contributed by atoms with van der Waals surface area (Å²) in [4.78, 5) is 23.2. The molecule has 0 spiro atoms. The molecule has 176 valence electrons. The van der Waals surface area contributed by atoms with Crippen LogP contribution < -0.4 is 4.74 Å². The van der Waals surface area contributed by atoms with Crippen molar-refractivity contribution >= 4 is 22.5 Å². The van der Waals surface area contributed by atoms with Gasteiger partial charge >= 0.3 is 0 Å². The second-order valence-electron chi connectivity index (χ2n) is 9.40. The van der Waals surface area contributed by atoms with Gasteiger partial charge in [0.1, 0.15) is 18.0 Å². The van der Waals surface area contributed by atoms with Crippen LogP contribution in [-0.2, 0) is 6.61 Å². The summed E-state index contributed by atoms with van der Waals surface area (Å²) in [5, 5.41) is 1.25. The predicted molar refractivity (Wildman–Crippen MR) is 137 cm³/mol. The summed E-state index contributed by atoms with van der Waals surface area (Å²) < 4.78 is 7.93. The molecule has 6 rings (SSSR count). The van der Waals surface area contributed by atoms with Gasteiger partial charge in [-0.2, -0.15) is 0 Å². The zero-order chi connectivity index (χ0) is 23.8. The molecule has 2 aromatic carbocycles. The van der Waals surface area contributed by atoms with Crippen LogP contribution in [0.25, 0.3) is 16.6 Å². The van der Waals surface area contributed by atoms with E-state index < -0.39 is 0 Å². The van der Waals surface area contributed by atoms with E-state index in [9.17, 15) is 4.79 Å². The molecule has 0 unspecified atom stereocenters. The number of aromatic amines is 1. The summed E-state index contributed by atoms with van der Waals surface area (Å²) in [5.74, 6) is 1.28. The molecule has 0 saturated carbocycles. The molecular formula is C29H28N4O2. The summed E-state index contributed by atoms with van der Waals surface area (Å²) in [6.45, 7) is 3.98. The Kier molecular flexibility index (Phi) is 5.49. The number of benzene rings is 2. The van der Waals surface area contributed by atoms with Crippen molar-refractivity contribution < 1.29 is 9.53 Å². The molecule has 6 heteroatoms. The maximum Gasteiger partial charge on any atom is 0.253 e. The Labute approximate surface area is 204 Å². The lowest BCUT2D eigenvalue weighted by Crippen LogP contribution is -2.37. The number of aromatic nitrogens is 3. The van der Waals surface area contributed by atoms with E-state index in [4.69, 9.17) is 4.74 Å². The van der Waals surface area contributed by atoms with Crippen molar-refractivity contribution in [1.82, 2.24) is 19.3 Å². The van der Waals surface area contributed by atoms with E-state index in [0.29, 0.717) is 18.1 Å². The van der Waals surface area contributed by atoms with Crippen LogP contribution in [0, 0.1) is 6.92 Å². The minimum absolute atomic E-state index is 0.0855. The molecule has 1 N–H and O–H groups in total. The van der Waals surface area contributed by atoms with Crippen LogP contribution in [0.1, 0.15) is 46.1 Å². The molecule has 1 saturated heterocycles. The first-order valence-corrected chi connectivity index (χ1v) is 12.2. The van der Waals surface area contributed by atoms with Crippen molar-refractivity contribution in [2.75, 3.05) is 13.1 Å². The number of carbonyl (C=O) groups excluding carboxylic acids is 1.